The van der Waals surface area contributed by atoms with Crippen LogP contribution in [0.5, 0.6) is 11.5 Å². The van der Waals surface area contributed by atoms with Crippen molar-refractivity contribution in [2.75, 3.05) is 0 Å². The number of ketones is 2. The standard InChI is InChI=1S/C15H10O4/c16-10-6-7-12-11(8-10)13(17)14(18)15(19-12)9-4-2-1-3-5-9/h1-8,15-16H. The van der Waals surface area contributed by atoms with Gasteiger partial charge in [0, 0.05) is 5.56 Å². The highest BCUT2D eigenvalue weighted by atomic mass is 16.5. The zero-order valence-corrected chi connectivity index (χ0v) is 9.87. The average molecular weight is 254 g/mol. The Kier molecular flexibility index (Phi) is 2.56. The summed E-state index contributed by atoms with van der Waals surface area (Å²) in [6, 6.07) is 13.0. The molecule has 0 saturated heterocycles. The van der Waals surface area contributed by atoms with Crippen molar-refractivity contribution in [1.82, 2.24) is 0 Å². The van der Waals surface area contributed by atoms with Crippen LogP contribution in [-0.2, 0) is 4.79 Å². The second-order valence-corrected chi connectivity index (χ2v) is 4.28. The number of carbonyl (C=O) groups excluding carboxylic acids is 2. The van der Waals surface area contributed by atoms with Crippen LogP contribution in [-0.4, -0.2) is 16.7 Å². The number of benzene rings is 2. The van der Waals surface area contributed by atoms with E-state index in [-0.39, 0.29) is 11.3 Å². The van der Waals surface area contributed by atoms with Gasteiger partial charge in [-0.3, -0.25) is 9.59 Å². The molecule has 0 radical (unpaired) electrons. The molecule has 0 spiro atoms. The lowest BCUT2D eigenvalue weighted by atomic mass is 9.95. The molecule has 0 aromatic heterocycles. The summed E-state index contributed by atoms with van der Waals surface area (Å²) in [6.07, 6.45) is -0.911. The Morgan fingerprint density at radius 2 is 1.74 bits per heavy atom. The number of rotatable bonds is 1. The molecule has 3 rings (SSSR count). The van der Waals surface area contributed by atoms with Crippen LogP contribution in [0.4, 0.5) is 0 Å². The molecule has 1 aliphatic rings. The molecule has 1 N–H and O–H groups in total. The van der Waals surface area contributed by atoms with E-state index in [9.17, 15) is 14.7 Å². The van der Waals surface area contributed by atoms with E-state index in [2.05, 4.69) is 0 Å². The fourth-order valence-corrected chi connectivity index (χ4v) is 2.08. The zero-order valence-electron chi connectivity index (χ0n) is 9.87. The summed E-state index contributed by atoms with van der Waals surface area (Å²) in [5.74, 6) is -1.01. The molecule has 94 valence electrons. The van der Waals surface area contributed by atoms with Crippen molar-refractivity contribution in [3.8, 4) is 11.5 Å². The molecule has 0 amide bonds. The van der Waals surface area contributed by atoms with Crippen molar-refractivity contribution >= 4 is 11.6 Å². The quantitative estimate of drug-likeness (QED) is 0.793. The Bertz CT molecular complexity index is 661. The van der Waals surface area contributed by atoms with Crippen molar-refractivity contribution in [2.24, 2.45) is 0 Å². The first-order valence-corrected chi connectivity index (χ1v) is 5.80. The van der Waals surface area contributed by atoms with Crippen LogP contribution in [0.3, 0.4) is 0 Å². The van der Waals surface area contributed by atoms with Gasteiger partial charge in [-0.1, -0.05) is 30.3 Å². The van der Waals surface area contributed by atoms with Gasteiger partial charge < -0.3 is 9.84 Å². The monoisotopic (exact) mass is 254 g/mol. The minimum atomic E-state index is -0.911. The molecule has 19 heavy (non-hydrogen) atoms. The summed E-state index contributed by atoms with van der Waals surface area (Å²) >= 11 is 0. The predicted octanol–water partition coefficient (Wildman–Crippen LogP) is 2.28. The predicted molar refractivity (Wildman–Crippen MR) is 67.3 cm³/mol. The maximum absolute atomic E-state index is 12.0. The molecule has 1 aliphatic heterocycles. The second-order valence-electron chi connectivity index (χ2n) is 4.28. The lowest BCUT2D eigenvalue weighted by molar-refractivity contribution is -0.122. The van der Waals surface area contributed by atoms with Crippen LogP contribution in [0.25, 0.3) is 0 Å². The number of carbonyl (C=O) groups is 2. The van der Waals surface area contributed by atoms with Gasteiger partial charge in [-0.2, -0.15) is 0 Å². The highest BCUT2D eigenvalue weighted by Crippen LogP contribution is 2.34. The van der Waals surface area contributed by atoms with E-state index < -0.39 is 17.7 Å². The molecule has 1 atom stereocenters. The Morgan fingerprint density at radius 3 is 2.47 bits per heavy atom. The van der Waals surface area contributed by atoms with Crippen molar-refractivity contribution in [3.05, 3.63) is 59.7 Å². The molecule has 4 heteroatoms. The largest absolute Gasteiger partial charge is 0.508 e. The Labute approximate surface area is 109 Å². The summed E-state index contributed by atoms with van der Waals surface area (Å²) in [5.41, 5.74) is 0.747. The van der Waals surface area contributed by atoms with Gasteiger partial charge in [0.1, 0.15) is 11.5 Å². The van der Waals surface area contributed by atoms with Gasteiger partial charge in [-0.05, 0) is 18.2 Å². The van der Waals surface area contributed by atoms with E-state index in [0.29, 0.717) is 11.3 Å². The molecule has 4 nitrogen and oxygen atoms in total. The van der Waals surface area contributed by atoms with Crippen molar-refractivity contribution in [3.63, 3.8) is 0 Å². The summed E-state index contributed by atoms with van der Waals surface area (Å²) in [7, 11) is 0. The van der Waals surface area contributed by atoms with E-state index in [1.807, 2.05) is 6.07 Å². The molecular formula is C15H10O4. The Balaban J connectivity index is 2.07. The smallest absolute Gasteiger partial charge is 0.248 e. The van der Waals surface area contributed by atoms with Gasteiger partial charge in [-0.15, -0.1) is 0 Å². The number of aromatic hydroxyl groups is 1. The highest BCUT2D eigenvalue weighted by Gasteiger charge is 2.36. The molecule has 1 unspecified atom stereocenters. The number of ether oxygens (including phenoxy) is 1. The zero-order chi connectivity index (χ0) is 13.4. The third-order valence-electron chi connectivity index (χ3n) is 3.02. The van der Waals surface area contributed by atoms with Crippen LogP contribution < -0.4 is 4.74 Å². The van der Waals surface area contributed by atoms with Gasteiger partial charge in [0.25, 0.3) is 0 Å². The van der Waals surface area contributed by atoms with E-state index in [4.69, 9.17) is 4.74 Å². The van der Waals surface area contributed by atoms with Gasteiger partial charge in [0.15, 0.2) is 6.10 Å². The number of phenols is 1. The summed E-state index contributed by atoms with van der Waals surface area (Å²) in [6.45, 7) is 0. The van der Waals surface area contributed by atoms with E-state index in [1.165, 1.54) is 18.2 Å². The normalized spacial score (nSPS) is 17.8. The second kappa shape index (κ2) is 4.24. The molecule has 1 heterocycles. The molecule has 0 aliphatic carbocycles. The fourth-order valence-electron chi connectivity index (χ4n) is 2.08. The van der Waals surface area contributed by atoms with Gasteiger partial charge >= 0.3 is 0 Å². The van der Waals surface area contributed by atoms with Crippen LogP contribution in [0, 0.1) is 0 Å². The number of fused-ring (bicyclic) bond motifs is 1. The van der Waals surface area contributed by atoms with Crippen LogP contribution >= 0.6 is 0 Å². The molecular weight excluding hydrogens is 244 g/mol. The fraction of sp³-hybridized carbons (Fsp3) is 0.0667. The summed E-state index contributed by atoms with van der Waals surface area (Å²) < 4.78 is 5.57. The maximum atomic E-state index is 12.0. The number of hydrogen-bond acceptors (Lipinski definition) is 4. The van der Waals surface area contributed by atoms with E-state index in [1.54, 1.807) is 24.3 Å². The lowest BCUT2D eigenvalue weighted by Crippen LogP contribution is -2.31. The Morgan fingerprint density at radius 1 is 1.00 bits per heavy atom. The topological polar surface area (TPSA) is 63.6 Å². The summed E-state index contributed by atoms with van der Waals surface area (Å²) in [5, 5.41) is 9.36. The van der Waals surface area contributed by atoms with Crippen molar-refractivity contribution in [2.45, 2.75) is 6.10 Å². The van der Waals surface area contributed by atoms with Gasteiger partial charge in [0.2, 0.25) is 11.6 Å². The van der Waals surface area contributed by atoms with Gasteiger partial charge in [0.05, 0.1) is 5.56 Å². The first-order valence-electron chi connectivity index (χ1n) is 5.80. The first-order chi connectivity index (χ1) is 9.16. The molecule has 0 fully saturated rings. The lowest BCUT2D eigenvalue weighted by Gasteiger charge is -2.24. The Hall–Kier alpha value is -2.62. The number of hydrogen-bond donors (Lipinski definition) is 1. The van der Waals surface area contributed by atoms with Crippen LogP contribution in [0.2, 0.25) is 0 Å². The molecule has 2 aromatic carbocycles. The molecule has 0 bridgehead atoms. The minimum absolute atomic E-state index is 0.0679. The van der Waals surface area contributed by atoms with Crippen LogP contribution in [0.15, 0.2) is 48.5 Å². The van der Waals surface area contributed by atoms with E-state index >= 15 is 0 Å². The van der Waals surface area contributed by atoms with Crippen molar-refractivity contribution in [1.29, 1.82) is 0 Å². The SMILES string of the molecule is O=C1C(=O)C(c2ccccc2)Oc2ccc(O)cc21. The molecule has 0 saturated carbocycles. The number of phenolic OH excluding ortho intramolecular Hbond substituents is 1. The maximum Gasteiger partial charge on any atom is 0.248 e. The van der Waals surface area contributed by atoms with Crippen LogP contribution in [0.1, 0.15) is 22.0 Å². The molecule has 2 aromatic rings. The average Bonchev–Trinajstić information content (AvgIpc) is 2.44. The third-order valence-corrected chi connectivity index (χ3v) is 3.02. The first kappa shape index (κ1) is 11.5. The van der Waals surface area contributed by atoms with E-state index in [0.717, 1.165) is 0 Å². The number of Topliss-reactive ketones (excluding diaryl/α,β-unsaturated/α-hetero) is 2. The third kappa shape index (κ3) is 1.87. The van der Waals surface area contributed by atoms with Crippen molar-refractivity contribution < 1.29 is 19.4 Å². The summed E-state index contributed by atoms with van der Waals surface area (Å²) in [4.78, 5) is 24.1. The minimum Gasteiger partial charge on any atom is -0.508 e. The highest BCUT2D eigenvalue weighted by molar-refractivity contribution is 6.46. The van der Waals surface area contributed by atoms with Gasteiger partial charge in [-0.25, -0.2) is 0 Å².